The molecule has 1 heterocycles. The molecule has 1 aliphatic carbocycles. The van der Waals surface area contributed by atoms with E-state index in [9.17, 15) is 22.8 Å². The van der Waals surface area contributed by atoms with Crippen LogP contribution < -0.4 is 5.32 Å². The molecule has 0 unspecified atom stereocenters. The molecule has 0 saturated heterocycles. The van der Waals surface area contributed by atoms with E-state index in [4.69, 9.17) is 4.52 Å². The van der Waals surface area contributed by atoms with Gasteiger partial charge in [0.05, 0.1) is 17.9 Å². The molecule has 0 spiro atoms. The van der Waals surface area contributed by atoms with E-state index in [1.54, 1.807) is 6.26 Å². The molecule has 0 bridgehead atoms. The molecule has 7 nitrogen and oxygen atoms in total. The first-order valence-electron chi connectivity index (χ1n) is 8.76. The van der Waals surface area contributed by atoms with E-state index in [0.717, 1.165) is 25.0 Å². The number of hydrogen-bond donors (Lipinski definition) is 1. The van der Waals surface area contributed by atoms with Crippen molar-refractivity contribution in [1.29, 1.82) is 0 Å². The minimum absolute atomic E-state index is 0.0144. The highest BCUT2D eigenvalue weighted by atomic mass is 32.2. The third kappa shape index (κ3) is 5.49. The van der Waals surface area contributed by atoms with Crippen LogP contribution in [0.1, 0.15) is 46.4 Å². The summed E-state index contributed by atoms with van der Waals surface area (Å²) >= 11 is 1.23. The minimum atomic E-state index is -4.67. The predicted molar refractivity (Wildman–Crippen MR) is 101 cm³/mol. The van der Waals surface area contributed by atoms with Crippen LogP contribution in [0.25, 0.3) is 0 Å². The zero-order valence-electron chi connectivity index (χ0n) is 15.7. The van der Waals surface area contributed by atoms with Gasteiger partial charge >= 0.3 is 6.18 Å². The van der Waals surface area contributed by atoms with Gasteiger partial charge in [0.25, 0.3) is 5.91 Å². The number of anilines is 1. The molecule has 3 rings (SSSR count). The summed E-state index contributed by atoms with van der Waals surface area (Å²) in [5, 5.41) is 6.20. The average molecular weight is 428 g/mol. The van der Waals surface area contributed by atoms with Gasteiger partial charge in [-0.3, -0.25) is 9.59 Å². The van der Waals surface area contributed by atoms with Crippen LogP contribution in [0.15, 0.2) is 22.7 Å². The van der Waals surface area contributed by atoms with Crippen molar-refractivity contribution in [3.63, 3.8) is 0 Å². The van der Waals surface area contributed by atoms with E-state index in [1.165, 1.54) is 29.8 Å². The van der Waals surface area contributed by atoms with Gasteiger partial charge in [-0.25, -0.2) is 0 Å². The highest BCUT2D eigenvalue weighted by Crippen LogP contribution is 2.39. The lowest BCUT2D eigenvalue weighted by Crippen LogP contribution is -2.27. The summed E-state index contributed by atoms with van der Waals surface area (Å²) in [6.07, 6.45) is -1.01. The lowest BCUT2D eigenvalue weighted by atomic mass is 10.1. The number of alkyl halides is 3. The molecular weight excluding hydrogens is 409 g/mol. The zero-order valence-corrected chi connectivity index (χ0v) is 16.6. The van der Waals surface area contributed by atoms with Crippen molar-refractivity contribution < 1.29 is 27.3 Å². The fraction of sp³-hybridized carbons (Fsp3) is 0.444. The van der Waals surface area contributed by atoms with Crippen LogP contribution in [-0.4, -0.2) is 45.9 Å². The summed E-state index contributed by atoms with van der Waals surface area (Å²) in [5.41, 5.74) is -1.31. The molecule has 1 fully saturated rings. The van der Waals surface area contributed by atoms with Crippen LogP contribution in [-0.2, 0) is 17.5 Å². The van der Waals surface area contributed by atoms with Crippen LogP contribution in [0.2, 0.25) is 0 Å². The second kappa shape index (κ2) is 8.44. The Bertz CT molecular complexity index is 912. The molecule has 29 heavy (non-hydrogen) atoms. The molecule has 11 heteroatoms. The van der Waals surface area contributed by atoms with Gasteiger partial charge in [-0.05, 0) is 37.3 Å². The molecule has 0 aliphatic heterocycles. The number of amides is 2. The molecule has 1 aromatic heterocycles. The number of thioether (sulfide) groups is 1. The van der Waals surface area contributed by atoms with Crippen LogP contribution in [0.5, 0.6) is 0 Å². The number of benzene rings is 1. The van der Waals surface area contributed by atoms with Crippen molar-refractivity contribution >= 4 is 29.3 Å². The van der Waals surface area contributed by atoms with Gasteiger partial charge < -0.3 is 14.7 Å². The smallest absolute Gasteiger partial charge is 0.339 e. The van der Waals surface area contributed by atoms with Crippen LogP contribution in [0.4, 0.5) is 18.9 Å². The number of carbonyl (C=O) groups excluding carboxylic acids is 2. The second-order valence-electron chi connectivity index (χ2n) is 6.76. The van der Waals surface area contributed by atoms with Gasteiger partial charge in [0, 0.05) is 24.2 Å². The van der Waals surface area contributed by atoms with Crippen molar-refractivity contribution in [2.45, 2.75) is 31.5 Å². The molecule has 1 aromatic carbocycles. The largest absolute Gasteiger partial charge is 0.416 e. The first kappa shape index (κ1) is 21.2. The van der Waals surface area contributed by atoms with Crippen molar-refractivity contribution in [3.05, 3.63) is 41.0 Å². The molecule has 0 atom stereocenters. The summed E-state index contributed by atoms with van der Waals surface area (Å²) in [6.45, 7) is -0.0144. The molecule has 156 valence electrons. The summed E-state index contributed by atoms with van der Waals surface area (Å²) in [6, 6.07) is 2.78. The Labute approximate surface area is 169 Å². The van der Waals surface area contributed by atoms with Gasteiger partial charge in [0.2, 0.25) is 11.8 Å². The third-order valence-corrected chi connectivity index (χ3v) is 4.75. The Balaban J connectivity index is 1.80. The number of rotatable bonds is 7. The number of nitrogens with one attached hydrogen (secondary N) is 1. The third-order valence-electron chi connectivity index (χ3n) is 4.20. The summed E-state index contributed by atoms with van der Waals surface area (Å²) in [7, 11) is 1.43. The summed E-state index contributed by atoms with van der Waals surface area (Å²) < 4.78 is 44.9. The molecule has 1 N–H and O–H groups in total. The van der Waals surface area contributed by atoms with E-state index in [2.05, 4.69) is 15.5 Å². The van der Waals surface area contributed by atoms with Crippen LogP contribution in [0.3, 0.4) is 0 Å². The summed E-state index contributed by atoms with van der Waals surface area (Å²) in [4.78, 5) is 29.9. The Morgan fingerprint density at radius 1 is 1.31 bits per heavy atom. The molecule has 2 aromatic rings. The highest BCUT2D eigenvalue weighted by Gasteiger charge is 2.33. The number of hydrogen-bond acceptors (Lipinski definition) is 6. The van der Waals surface area contributed by atoms with Crippen molar-refractivity contribution in [3.8, 4) is 0 Å². The van der Waals surface area contributed by atoms with Crippen LogP contribution >= 0.6 is 11.8 Å². The standard InChI is InChI=1S/C18H19F3N4O3S/c1-25(8-14-23-16(28-24-14)10-3-4-10)17(27)11-5-12(18(19,20)21)7-13(6-11)22-15(26)9-29-2/h5-7,10H,3-4,8-9H2,1-2H3,(H,22,26). The Kier molecular flexibility index (Phi) is 6.15. The van der Waals surface area contributed by atoms with E-state index >= 15 is 0 Å². The van der Waals surface area contributed by atoms with Crippen LogP contribution in [0, 0.1) is 0 Å². The van der Waals surface area contributed by atoms with Crippen molar-refractivity contribution in [2.24, 2.45) is 0 Å². The van der Waals surface area contributed by atoms with E-state index < -0.39 is 23.6 Å². The number of carbonyl (C=O) groups is 2. The number of halogens is 3. The minimum Gasteiger partial charge on any atom is -0.339 e. The van der Waals surface area contributed by atoms with Gasteiger partial charge in [-0.1, -0.05) is 5.16 Å². The maximum Gasteiger partial charge on any atom is 0.416 e. The predicted octanol–water partition coefficient (Wildman–Crippen LogP) is 3.54. The maximum absolute atomic E-state index is 13.3. The molecule has 0 radical (unpaired) electrons. The molecule has 1 saturated carbocycles. The molecular formula is C18H19F3N4O3S. The normalized spacial score (nSPS) is 14.0. The van der Waals surface area contributed by atoms with Crippen molar-refractivity contribution in [1.82, 2.24) is 15.0 Å². The van der Waals surface area contributed by atoms with Gasteiger partial charge in [-0.15, -0.1) is 0 Å². The monoisotopic (exact) mass is 428 g/mol. The average Bonchev–Trinajstić information content (AvgIpc) is 3.40. The fourth-order valence-corrected chi connectivity index (χ4v) is 2.98. The number of nitrogens with zero attached hydrogens (tertiary/aromatic N) is 3. The fourth-order valence-electron chi connectivity index (χ4n) is 2.65. The lowest BCUT2D eigenvalue weighted by Gasteiger charge is -2.17. The number of aromatic nitrogens is 2. The maximum atomic E-state index is 13.3. The van der Waals surface area contributed by atoms with Gasteiger partial charge in [0.1, 0.15) is 0 Å². The first-order chi connectivity index (χ1) is 13.7. The Morgan fingerprint density at radius 3 is 2.66 bits per heavy atom. The molecule has 2 amide bonds. The topological polar surface area (TPSA) is 88.3 Å². The SMILES string of the molecule is CSCC(=O)Nc1cc(C(=O)N(C)Cc2noc(C3CC3)n2)cc(C(F)(F)F)c1. The Hall–Kier alpha value is -2.56. The van der Waals surface area contributed by atoms with E-state index in [0.29, 0.717) is 5.89 Å². The first-order valence-corrected chi connectivity index (χ1v) is 10.2. The highest BCUT2D eigenvalue weighted by molar-refractivity contribution is 7.99. The van der Waals surface area contributed by atoms with E-state index in [-0.39, 0.29) is 35.3 Å². The molecule has 1 aliphatic rings. The van der Waals surface area contributed by atoms with E-state index in [1.807, 2.05) is 0 Å². The quantitative estimate of drug-likeness (QED) is 0.726. The van der Waals surface area contributed by atoms with Gasteiger partial charge in [-0.2, -0.15) is 29.9 Å². The Morgan fingerprint density at radius 2 is 2.03 bits per heavy atom. The second-order valence-corrected chi connectivity index (χ2v) is 7.63. The van der Waals surface area contributed by atoms with Gasteiger partial charge in [0.15, 0.2) is 5.82 Å². The summed E-state index contributed by atoms with van der Waals surface area (Å²) in [5.74, 6) is 0.0213. The van der Waals surface area contributed by atoms with Crippen molar-refractivity contribution in [2.75, 3.05) is 24.4 Å². The lowest BCUT2D eigenvalue weighted by molar-refractivity contribution is -0.137. The zero-order chi connectivity index (χ0) is 21.2.